The Balaban J connectivity index is 1.17. The Kier molecular flexibility index (Phi) is 7.79. The zero-order valence-electron chi connectivity index (χ0n) is 17.8. The fourth-order valence-electron chi connectivity index (χ4n) is 3.92. The zero-order chi connectivity index (χ0) is 22.3. The van der Waals surface area contributed by atoms with Crippen LogP contribution in [0.2, 0.25) is 10.0 Å². The summed E-state index contributed by atoms with van der Waals surface area (Å²) in [5.41, 5.74) is 1.99. The molecule has 3 aromatic rings. The van der Waals surface area contributed by atoms with Gasteiger partial charge in [0.25, 0.3) is 0 Å². The van der Waals surface area contributed by atoms with Crippen LogP contribution in [0.15, 0.2) is 53.1 Å². The van der Waals surface area contributed by atoms with Crippen molar-refractivity contribution in [2.45, 2.75) is 32.2 Å². The van der Waals surface area contributed by atoms with Gasteiger partial charge in [0.1, 0.15) is 0 Å². The number of carbonyl (C=O) groups excluding carboxylic acids is 1. The Bertz CT molecular complexity index is 1030. The minimum atomic E-state index is 0.0545. The van der Waals surface area contributed by atoms with E-state index >= 15 is 0 Å². The number of aromatic nitrogens is 2. The van der Waals surface area contributed by atoms with E-state index in [1.165, 1.54) is 0 Å². The lowest BCUT2D eigenvalue weighted by atomic mass is 9.96. The molecule has 1 amide bonds. The summed E-state index contributed by atoms with van der Waals surface area (Å²) in [6.07, 6.45) is 3.39. The molecule has 1 aliphatic rings. The molecular formula is C24H26Cl2N4O2. The van der Waals surface area contributed by atoms with Crippen molar-refractivity contribution in [3.8, 4) is 11.4 Å². The predicted molar refractivity (Wildman–Crippen MR) is 126 cm³/mol. The number of nitrogens with zero attached hydrogens (tertiary/aromatic N) is 3. The van der Waals surface area contributed by atoms with Crippen molar-refractivity contribution in [3.05, 3.63) is 70.0 Å². The van der Waals surface area contributed by atoms with Crippen molar-refractivity contribution in [2.24, 2.45) is 5.92 Å². The first kappa shape index (κ1) is 22.8. The molecule has 0 aliphatic carbocycles. The third-order valence-electron chi connectivity index (χ3n) is 5.77. The van der Waals surface area contributed by atoms with Crippen LogP contribution >= 0.6 is 23.2 Å². The molecule has 32 heavy (non-hydrogen) atoms. The first-order chi connectivity index (χ1) is 15.6. The van der Waals surface area contributed by atoms with Gasteiger partial charge in [-0.2, -0.15) is 4.98 Å². The fourth-order valence-corrected chi connectivity index (χ4v) is 4.27. The van der Waals surface area contributed by atoms with Gasteiger partial charge in [-0.05, 0) is 74.7 Å². The zero-order valence-corrected chi connectivity index (χ0v) is 19.3. The van der Waals surface area contributed by atoms with Crippen molar-refractivity contribution >= 4 is 29.1 Å². The van der Waals surface area contributed by atoms with Gasteiger partial charge in [-0.3, -0.25) is 9.69 Å². The molecule has 2 aromatic carbocycles. The molecule has 4 rings (SSSR count). The summed E-state index contributed by atoms with van der Waals surface area (Å²) in [5.74, 6) is 1.34. The minimum absolute atomic E-state index is 0.0545. The van der Waals surface area contributed by atoms with E-state index in [1.54, 1.807) is 12.1 Å². The van der Waals surface area contributed by atoms with Crippen LogP contribution in [0.25, 0.3) is 11.4 Å². The Morgan fingerprint density at radius 1 is 1.09 bits per heavy atom. The number of piperidine rings is 1. The first-order valence-corrected chi connectivity index (χ1v) is 11.7. The van der Waals surface area contributed by atoms with E-state index in [2.05, 4.69) is 20.4 Å². The number of benzene rings is 2. The summed E-state index contributed by atoms with van der Waals surface area (Å²) in [6, 6.07) is 15.2. The second-order valence-electron chi connectivity index (χ2n) is 8.06. The summed E-state index contributed by atoms with van der Waals surface area (Å²) >= 11 is 12.1. The molecular weight excluding hydrogens is 447 g/mol. The van der Waals surface area contributed by atoms with E-state index in [-0.39, 0.29) is 11.8 Å². The molecule has 1 fully saturated rings. The van der Waals surface area contributed by atoms with Crippen LogP contribution in [0.1, 0.15) is 30.7 Å². The van der Waals surface area contributed by atoms with Gasteiger partial charge < -0.3 is 9.84 Å². The second-order valence-corrected chi connectivity index (χ2v) is 8.90. The van der Waals surface area contributed by atoms with Crippen LogP contribution in [0.4, 0.5) is 0 Å². The number of hydrogen-bond donors (Lipinski definition) is 1. The molecule has 168 valence electrons. The second kappa shape index (κ2) is 10.9. The molecule has 2 heterocycles. The fraction of sp³-hybridized carbons (Fsp3) is 0.375. The summed E-state index contributed by atoms with van der Waals surface area (Å²) < 4.78 is 5.41. The monoisotopic (exact) mass is 472 g/mol. The largest absolute Gasteiger partial charge is 0.356 e. The highest BCUT2D eigenvalue weighted by Gasteiger charge is 2.25. The number of halogens is 2. The number of carbonyl (C=O) groups is 1. The molecule has 0 spiro atoms. The van der Waals surface area contributed by atoms with Crippen molar-refractivity contribution in [3.63, 3.8) is 0 Å². The number of likely N-dealkylation sites (tertiary alicyclic amines) is 1. The van der Waals surface area contributed by atoms with Gasteiger partial charge in [-0.15, -0.1) is 0 Å². The summed E-state index contributed by atoms with van der Waals surface area (Å²) in [6.45, 7) is 2.92. The summed E-state index contributed by atoms with van der Waals surface area (Å²) in [7, 11) is 0. The number of aryl methyl sites for hydroxylation is 1. The van der Waals surface area contributed by atoms with Crippen LogP contribution in [0.3, 0.4) is 0 Å². The smallest absolute Gasteiger partial charge is 0.241 e. The van der Waals surface area contributed by atoms with Gasteiger partial charge in [0.2, 0.25) is 17.6 Å². The van der Waals surface area contributed by atoms with E-state index in [9.17, 15) is 4.79 Å². The molecule has 0 atom stereocenters. The van der Waals surface area contributed by atoms with Crippen LogP contribution in [0, 0.1) is 5.92 Å². The lowest BCUT2D eigenvalue weighted by Crippen LogP contribution is -2.40. The molecule has 1 saturated heterocycles. The third-order valence-corrected chi connectivity index (χ3v) is 6.39. The molecule has 0 unspecified atom stereocenters. The van der Waals surface area contributed by atoms with E-state index in [0.29, 0.717) is 29.8 Å². The predicted octanol–water partition coefficient (Wildman–Crippen LogP) is 5.00. The molecule has 8 heteroatoms. The summed E-state index contributed by atoms with van der Waals surface area (Å²) in [5, 5.41) is 8.60. The van der Waals surface area contributed by atoms with Crippen molar-refractivity contribution in [2.75, 3.05) is 19.6 Å². The maximum absolute atomic E-state index is 12.5. The van der Waals surface area contributed by atoms with Gasteiger partial charge in [0.15, 0.2) is 0 Å². The van der Waals surface area contributed by atoms with Crippen molar-refractivity contribution in [1.82, 2.24) is 20.4 Å². The number of amides is 1. The lowest BCUT2D eigenvalue weighted by molar-refractivity contribution is -0.126. The van der Waals surface area contributed by atoms with Gasteiger partial charge in [0.05, 0.1) is 6.54 Å². The van der Waals surface area contributed by atoms with Crippen LogP contribution in [-0.2, 0) is 17.8 Å². The minimum Gasteiger partial charge on any atom is -0.356 e. The molecule has 0 bridgehead atoms. The van der Waals surface area contributed by atoms with Crippen LogP contribution in [-0.4, -0.2) is 40.6 Å². The molecule has 6 nitrogen and oxygen atoms in total. The van der Waals surface area contributed by atoms with Gasteiger partial charge in [0, 0.05) is 28.1 Å². The van der Waals surface area contributed by atoms with Gasteiger partial charge >= 0.3 is 0 Å². The number of rotatable bonds is 8. The Morgan fingerprint density at radius 2 is 1.84 bits per heavy atom. The SMILES string of the molecule is O=C(NCCCc1ccccc1Cl)C1CCN(Cc2nc(-c3ccc(Cl)cc3)no2)CC1. The Morgan fingerprint density at radius 3 is 2.59 bits per heavy atom. The summed E-state index contributed by atoms with van der Waals surface area (Å²) in [4.78, 5) is 19.3. The highest BCUT2D eigenvalue weighted by Crippen LogP contribution is 2.22. The van der Waals surface area contributed by atoms with Crippen LogP contribution in [0.5, 0.6) is 0 Å². The standard InChI is InChI=1S/C24H26Cl2N4O2/c25-20-9-7-18(8-10-20)23-28-22(32-29-23)16-30-14-11-19(12-15-30)24(31)27-13-3-5-17-4-1-2-6-21(17)26/h1-2,4,6-10,19H,3,5,11-16H2,(H,27,31). The lowest BCUT2D eigenvalue weighted by Gasteiger charge is -2.30. The molecule has 1 aliphatic heterocycles. The third kappa shape index (κ3) is 6.09. The van der Waals surface area contributed by atoms with Crippen LogP contribution < -0.4 is 5.32 Å². The molecule has 0 saturated carbocycles. The Labute approximate surface area is 197 Å². The molecule has 0 radical (unpaired) electrons. The highest BCUT2D eigenvalue weighted by atomic mass is 35.5. The number of nitrogens with one attached hydrogen (secondary N) is 1. The van der Waals surface area contributed by atoms with E-state index in [1.807, 2.05) is 36.4 Å². The maximum Gasteiger partial charge on any atom is 0.241 e. The normalized spacial score (nSPS) is 15.1. The van der Waals surface area contributed by atoms with E-state index in [0.717, 1.165) is 54.9 Å². The maximum atomic E-state index is 12.5. The molecule has 1 N–H and O–H groups in total. The Hall–Kier alpha value is -2.41. The average Bonchev–Trinajstić information content (AvgIpc) is 3.27. The van der Waals surface area contributed by atoms with E-state index in [4.69, 9.17) is 27.7 Å². The highest BCUT2D eigenvalue weighted by molar-refractivity contribution is 6.31. The molecule has 1 aromatic heterocycles. The first-order valence-electron chi connectivity index (χ1n) is 10.9. The van der Waals surface area contributed by atoms with E-state index < -0.39 is 0 Å². The van der Waals surface area contributed by atoms with Crippen molar-refractivity contribution < 1.29 is 9.32 Å². The van der Waals surface area contributed by atoms with Gasteiger partial charge in [-0.25, -0.2) is 0 Å². The quantitative estimate of drug-likeness (QED) is 0.466. The van der Waals surface area contributed by atoms with Gasteiger partial charge in [-0.1, -0.05) is 46.6 Å². The topological polar surface area (TPSA) is 71.3 Å². The number of hydrogen-bond acceptors (Lipinski definition) is 5. The van der Waals surface area contributed by atoms with Crippen molar-refractivity contribution in [1.29, 1.82) is 0 Å². The average molecular weight is 473 g/mol.